The summed E-state index contributed by atoms with van der Waals surface area (Å²) in [6, 6.07) is 29.9. The van der Waals surface area contributed by atoms with E-state index in [9.17, 15) is 9.59 Å². The molecule has 5 aromatic rings. The van der Waals surface area contributed by atoms with E-state index in [1.54, 1.807) is 33.7 Å². The van der Waals surface area contributed by atoms with E-state index in [4.69, 9.17) is 14.5 Å². The van der Waals surface area contributed by atoms with Gasteiger partial charge in [-0.05, 0) is 66.4 Å². The Hall–Kier alpha value is -4.91. The molecule has 1 aliphatic heterocycles. The lowest BCUT2D eigenvalue weighted by Gasteiger charge is -2.32. The molecule has 1 atom stereocenters. The van der Waals surface area contributed by atoms with Crippen LogP contribution in [0.2, 0.25) is 0 Å². The number of aromatic nitrogens is 2. The number of rotatable bonds is 8. The van der Waals surface area contributed by atoms with Gasteiger partial charge in [0.1, 0.15) is 5.82 Å². The van der Waals surface area contributed by atoms with Gasteiger partial charge in [0.05, 0.1) is 22.6 Å². The van der Waals surface area contributed by atoms with Crippen molar-refractivity contribution < 1.29 is 14.3 Å². The second kappa shape index (κ2) is 11.3. The number of benzene rings is 4. The number of hydrogen-bond acceptors (Lipinski definition) is 5. The molecule has 1 unspecified atom stereocenters. The second-order valence-electron chi connectivity index (χ2n) is 10.1. The highest BCUT2D eigenvalue weighted by Crippen LogP contribution is 2.35. The Morgan fingerprint density at radius 1 is 0.878 bits per heavy atom. The number of hydrogen-bond donors (Lipinski definition) is 0. The maximum absolute atomic E-state index is 14.3. The van der Waals surface area contributed by atoms with Crippen LogP contribution in [0, 0.1) is 0 Å². The predicted molar refractivity (Wildman–Crippen MR) is 159 cm³/mol. The van der Waals surface area contributed by atoms with Crippen LogP contribution in [0.15, 0.2) is 102 Å². The number of amides is 1. The average molecular weight is 546 g/mol. The predicted octanol–water partition coefficient (Wildman–Crippen LogP) is 6.47. The van der Waals surface area contributed by atoms with Crippen LogP contribution in [0.25, 0.3) is 16.6 Å². The minimum atomic E-state index is -0.503. The maximum atomic E-state index is 14.3. The van der Waals surface area contributed by atoms with Gasteiger partial charge in [0.25, 0.3) is 11.5 Å². The van der Waals surface area contributed by atoms with Crippen LogP contribution in [0.4, 0.5) is 0 Å². The highest BCUT2D eigenvalue weighted by Gasteiger charge is 2.31. The van der Waals surface area contributed by atoms with Crippen LogP contribution in [0.3, 0.4) is 0 Å². The summed E-state index contributed by atoms with van der Waals surface area (Å²) >= 11 is 0. The monoisotopic (exact) mass is 545 g/mol. The van der Waals surface area contributed by atoms with E-state index < -0.39 is 6.04 Å². The van der Waals surface area contributed by atoms with Crippen molar-refractivity contribution in [2.75, 3.05) is 6.79 Å². The highest BCUT2D eigenvalue weighted by molar-refractivity contribution is 5.95. The Kier molecular flexibility index (Phi) is 7.25. The van der Waals surface area contributed by atoms with E-state index in [1.807, 2.05) is 79.7 Å². The van der Waals surface area contributed by atoms with E-state index in [0.717, 1.165) is 12.0 Å². The Bertz CT molecular complexity index is 1760. The minimum Gasteiger partial charge on any atom is -0.454 e. The molecule has 0 aliphatic carbocycles. The van der Waals surface area contributed by atoms with Crippen molar-refractivity contribution in [1.82, 2.24) is 14.5 Å². The molecule has 0 radical (unpaired) electrons. The molecule has 206 valence electrons. The van der Waals surface area contributed by atoms with Gasteiger partial charge in [-0.2, -0.15) is 0 Å². The molecule has 1 amide bonds. The molecule has 1 aromatic heterocycles. The first-order valence-corrected chi connectivity index (χ1v) is 13.9. The zero-order chi connectivity index (χ0) is 28.3. The zero-order valence-corrected chi connectivity index (χ0v) is 23.1. The fraction of sp³-hybridized carbons (Fsp3) is 0.206. The summed E-state index contributed by atoms with van der Waals surface area (Å²) in [5.74, 6) is 1.49. The first kappa shape index (κ1) is 26.3. The molecule has 2 heterocycles. The third-order valence-electron chi connectivity index (χ3n) is 7.54. The SMILES string of the molecule is CCc1ccc(-n2c(C(CC)N(Cc3ccccc3)C(=O)c3ccc4c(c3)OCO4)nc3ccccc3c2=O)cc1. The van der Waals surface area contributed by atoms with Crippen LogP contribution < -0.4 is 15.0 Å². The van der Waals surface area contributed by atoms with E-state index in [2.05, 4.69) is 6.92 Å². The summed E-state index contributed by atoms with van der Waals surface area (Å²) < 4.78 is 12.7. The van der Waals surface area contributed by atoms with Gasteiger partial charge >= 0.3 is 0 Å². The van der Waals surface area contributed by atoms with Crippen LogP contribution >= 0.6 is 0 Å². The van der Waals surface area contributed by atoms with E-state index >= 15 is 0 Å². The molecular formula is C34H31N3O4. The lowest BCUT2D eigenvalue weighted by Crippen LogP contribution is -2.38. The molecule has 0 fully saturated rings. The van der Waals surface area contributed by atoms with Crippen LogP contribution in [-0.2, 0) is 13.0 Å². The molecular weight excluding hydrogens is 514 g/mol. The quantitative estimate of drug-likeness (QED) is 0.223. The number of nitrogens with zero attached hydrogens (tertiary/aromatic N) is 3. The summed E-state index contributed by atoms with van der Waals surface area (Å²) in [6.07, 6.45) is 1.44. The van der Waals surface area contributed by atoms with Gasteiger partial charge in [-0.15, -0.1) is 0 Å². The van der Waals surface area contributed by atoms with Gasteiger partial charge in [0, 0.05) is 12.1 Å². The van der Waals surface area contributed by atoms with E-state index in [-0.39, 0.29) is 18.3 Å². The summed E-state index contributed by atoms with van der Waals surface area (Å²) in [4.78, 5) is 35.2. The summed E-state index contributed by atoms with van der Waals surface area (Å²) in [6.45, 7) is 4.58. The number of carbonyl (C=O) groups excluding carboxylic acids is 1. The van der Waals surface area contributed by atoms with Crippen molar-refractivity contribution in [3.8, 4) is 17.2 Å². The van der Waals surface area contributed by atoms with Crippen molar-refractivity contribution in [2.24, 2.45) is 0 Å². The maximum Gasteiger partial charge on any atom is 0.266 e. The number of aryl methyl sites for hydroxylation is 1. The first-order chi connectivity index (χ1) is 20.1. The van der Waals surface area contributed by atoms with Gasteiger partial charge in [-0.3, -0.25) is 14.2 Å². The molecule has 0 saturated carbocycles. The van der Waals surface area contributed by atoms with E-state index in [1.165, 1.54) is 5.56 Å². The molecule has 0 bridgehead atoms. The summed E-state index contributed by atoms with van der Waals surface area (Å²) in [5.41, 5.74) is 3.78. The fourth-order valence-corrected chi connectivity index (χ4v) is 5.35. The van der Waals surface area contributed by atoms with Crippen molar-refractivity contribution in [3.63, 3.8) is 0 Å². The number of fused-ring (bicyclic) bond motifs is 2. The molecule has 6 rings (SSSR count). The smallest absolute Gasteiger partial charge is 0.266 e. The molecule has 0 N–H and O–H groups in total. The Balaban J connectivity index is 1.53. The average Bonchev–Trinajstić information content (AvgIpc) is 3.50. The van der Waals surface area contributed by atoms with Crippen LogP contribution in [0.5, 0.6) is 11.5 Å². The highest BCUT2D eigenvalue weighted by atomic mass is 16.7. The molecule has 41 heavy (non-hydrogen) atoms. The second-order valence-corrected chi connectivity index (χ2v) is 10.1. The lowest BCUT2D eigenvalue weighted by molar-refractivity contribution is 0.0640. The van der Waals surface area contributed by atoms with Gasteiger partial charge in [0.15, 0.2) is 11.5 Å². The lowest BCUT2D eigenvalue weighted by atomic mass is 10.1. The zero-order valence-electron chi connectivity index (χ0n) is 23.1. The molecule has 0 saturated heterocycles. The van der Waals surface area contributed by atoms with Gasteiger partial charge in [-0.25, -0.2) is 4.98 Å². The van der Waals surface area contributed by atoms with Crippen LogP contribution in [-0.4, -0.2) is 27.2 Å². The van der Waals surface area contributed by atoms with Gasteiger partial charge < -0.3 is 14.4 Å². The topological polar surface area (TPSA) is 73.7 Å². The van der Waals surface area contributed by atoms with Crippen molar-refractivity contribution in [2.45, 2.75) is 39.3 Å². The molecule has 1 aliphatic rings. The Morgan fingerprint density at radius 2 is 1.61 bits per heavy atom. The molecule has 4 aromatic carbocycles. The number of carbonyl (C=O) groups is 1. The standard InChI is InChI=1S/C34H31N3O4/c1-3-23-14-17-26(18-15-23)37-32(35-28-13-9-8-12-27(28)34(37)39)29(4-2)36(21-24-10-6-5-7-11-24)33(38)25-16-19-30-31(20-25)41-22-40-30/h5-20,29H,3-4,21-22H2,1-2H3. The Morgan fingerprint density at radius 3 is 2.37 bits per heavy atom. The first-order valence-electron chi connectivity index (χ1n) is 13.9. The van der Waals surface area contributed by atoms with Crippen molar-refractivity contribution in [1.29, 1.82) is 0 Å². The minimum absolute atomic E-state index is 0.127. The third-order valence-corrected chi connectivity index (χ3v) is 7.54. The van der Waals surface area contributed by atoms with Crippen molar-refractivity contribution >= 4 is 16.8 Å². The van der Waals surface area contributed by atoms with E-state index in [0.29, 0.717) is 52.4 Å². The summed E-state index contributed by atoms with van der Waals surface area (Å²) in [7, 11) is 0. The summed E-state index contributed by atoms with van der Waals surface area (Å²) in [5, 5.41) is 0.530. The molecule has 7 nitrogen and oxygen atoms in total. The number of para-hydroxylation sites is 1. The molecule has 0 spiro atoms. The third kappa shape index (κ3) is 5.07. The van der Waals surface area contributed by atoms with Crippen LogP contribution in [0.1, 0.15) is 53.6 Å². The van der Waals surface area contributed by atoms with Crippen molar-refractivity contribution in [3.05, 3.63) is 130 Å². The Labute approximate surface area is 238 Å². The number of ether oxygens (including phenoxy) is 2. The largest absolute Gasteiger partial charge is 0.454 e. The molecule has 7 heteroatoms. The van der Waals surface area contributed by atoms with Gasteiger partial charge in [-0.1, -0.05) is 68.4 Å². The van der Waals surface area contributed by atoms with Gasteiger partial charge in [0.2, 0.25) is 6.79 Å². The fourth-order valence-electron chi connectivity index (χ4n) is 5.35. The normalized spacial score (nSPS) is 12.8.